The quantitative estimate of drug-likeness (QED) is 0.482. The fourth-order valence-corrected chi connectivity index (χ4v) is 3.88. The molecule has 1 aliphatic rings. The standard InChI is InChI=1S/C23H32N6O/c1-3-17-7-4-5-8-19(17)15-27-23(25-2)28-16-20-9-6-12-26-22(20)29-13-10-18(11-14-29)21(24)30/h4-9,12,18H,3,10-11,13-16H2,1-2H3,(H2,24,30)(H2,25,27,28). The van der Waals surface area contributed by atoms with Crippen molar-refractivity contribution in [2.75, 3.05) is 25.0 Å². The van der Waals surface area contributed by atoms with Crippen LogP contribution in [0.25, 0.3) is 0 Å². The van der Waals surface area contributed by atoms with Gasteiger partial charge in [0.2, 0.25) is 5.91 Å². The molecule has 1 aromatic heterocycles. The second-order valence-corrected chi connectivity index (χ2v) is 7.55. The third-order valence-electron chi connectivity index (χ3n) is 5.68. The minimum Gasteiger partial charge on any atom is -0.369 e. The third-order valence-corrected chi connectivity index (χ3v) is 5.68. The highest BCUT2D eigenvalue weighted by molar-refractivity contribution is 5.80. The Kier molecular flexibility index (Phi) is 7.65. The summed E-state index contributed by atoms with van der Waals surface area (Å²) in [4.78, 5) is 22.6. The van der Waals surface area contributed by atoms with E-state index in [1.807, 2.05) is 12.3 Å². The number of pyridine rings is 1. The van der Waals surface area contributed by atoms with Gasteiger partial charge in [0.15, 0.2) is 5.96 Å². The smallest absolute Gasteiger partial charge is 0.220 e. The maximum Gasteiger partial charge on any atom is 0.220 e. The first-order chi connectivity index (χ1) is 14.6. The van der Waals surface area contributed by atoms with Crippen molar-refractivity contribution in [3.8, 4) is 0 Å². The first kappa shape index (κ1) is 21.6. The molecule has 7 heteroatoms. The lowest BCUT2D eigenvalue weighted by atomic mass is 9.96. The van der Waals surface area contributed by atoms with E-state index in [0.29, 0.717) is 6.54 Å². The monoisotopic (exact) mass is 408 g/mol. The van der Waals surface area contributed by atoms with E-state index < -0.39 is 0 Å². The van der Waals surface area contributed by atoms with Gasteiger partial charge in [-0.2, -0.15) is 0 Å². The molecule has 0 saturated carbocycles. The van der Waals surface area contributed by atoms with E-state index in [0.717, 1.165) is 56.2 Å². The van der Waals surface area contributed by atoms with Crippen LogP contribution in [0, 0.1) is 5.92 Å². The lowest BCUT2D eigenvalue weighted by molar-refractivity contribution is -0.122. The Balaban J connectivity index is 1.59. The summed E-state index contributed by atoms with van der Waals surface area (Å²) in [6.45, 7) is 5.09. The summed E-state index contributed by atoms with van der Waals surface area (Å²) < 4.78 is 0. The highest BCUT2D eigenvalue weighted by Gasteiger charge is 2.24. The van der Waals surface area contributed by atoms with E-state index in [4.69, 9.17) is 5.73 Å². The SMILES string of the molecule is CCc1ccccc1CNC(=NC)NCc1cccnc1N1CCC(C(N)=O)CC1. The third kappa shape index (κ3) is 5.49. The van der Waals surface area contributed by atoms with Crippen LogP contribution < -0.4 is 21.3 Å². The number of aliphatic imine (C=N–C) groups is 1. The number of carbonyl (C=O) groups excluding carboxylic acids is 1. The number of primary amides is 1. The van der Waals surface area contributed by atoms with Crippen molar-refractivity contribution in [2.24, 2.45) is 16.6 Å². The Morgan fingerprint density at radius 2 is 1.73 bits per heavy atom. The van der Waals surface area contributed by atoms with Gasteiger partial charge in [0.1, 0.15) is 5.82 Å². The van der Waals surface area contributed by atoms with Gasteiger partial charge in [-0.3, -0.25) is 9.79 Å². The Morgan fingerprint density at radius 3 is 2.37 bits per heavy atom. The van der Waals surface area contributed by atoms with Crippen molar-refractivity contribution in [2.45, 2.75) is 39.3 Å². The van der Waals surface area contributed by atoms with E-state index in [-0.39, 0.29) is 11.8 Å². The molecular formula is C23H32N6O. The second-order valence-electron chi connectivity index (χ2n) is 7.55. The average molecular weight is 409 g/mol. The zero-order valence-electron chi connectivity index (χ0n) is 17.9. The number of rotatable bonds is 7. The number of hydrogen-bond donors (Lipinski definition) is 3. The van der Waals surface area contributed by atoms with Crippen LogP contribution in [0.15, 0.2) is 47.6 Å². The second kappa shape index (κ2) is 10.6. The van der Waals surface area contributed by atoms with Gasteiger partial charge in [-0.25, -0.2) is 4.98 Å². The van der Waals surface area contributed by atoms with Crippen molar-refractivity contribution < 1.29 is 4.79 Å². The van der Waals surface area contributed by atoms with Crippen LogP contribution in [0.1, 0.15) is 36.5 Å². The fraction of sp³-hybridized carbons (Fsp3) is 0.435. The zero-order chi connectivity index (χ0) is 21.3. The largest absolute Gasteiger partial charge is 0.369 e. The molecule has 3 rings (SSSR count). The van der Waals surface area contributed by atoms with Gasteiger partial charge >= 0.3 is 0 Å². The number of nitrogens with one attached hydrogen (secondary N) is 2. The summed E-state index contributed by atoms with van der Waals surface area (Å²) in [7, 11) is 1.78. The normalized spacial score (nSPS) is 15.1. The number of guanidine groups is 1. The minimum atomic E-state index is -0.197. The first-order valence-electron chi connectivity index (χ1n) is 10.6. The van der Waals surface area contributed by atoms with E-state index in [2.05, 4.69) is 62.8 Å². The highest BCUT2D eigenvalue weighted by atomic mass is 16.1. The van der Waals surface area contributed by atoms with E-state index in [1.165, 1.54) is 11.1 Å². The summed E-state index contributed by atoms with van der Waals surface area (Å²) >= 11 is 0. The number of hydrogen-bond acceptors (Lipinski definition) is 4. The molecule has 0 aliphatic carbocycles. The molecule has 2 aromatic rings. The number of nitrogens with two attached hydrogens (primary N) is 1. The number of anilines is 1. The summed E-state index contributed by atoms with van der Waals surface area (Å²) in [6.07, 6.45) is 4.38. The van der Waals surface area contributed by atoms with Crippen LogP contribution in [-0.2, 0) is 24.3 Å². The lowest BCUT2D eigenvalue weighted by Gasteiger charge is -2.32. The average Bonchev–Trinajstić information content (AvgIpc) is 2.79. The van der Waals surface area contributed by atoms with Crippen molar-refractivity contribution >= 4 is 17.7 Å². The Morgan fingerprint density at radius 1 is 1.10 bits per heavy atom. The number of aromatic nitrogens is 1. The predicted octanol–water partition coefficient (Wildman–Crippen LogP) is 2.21. The fourth-order valence-electron chi connectivity index (χ4n) is 3.88. The summed E-state index contributed by atoms with van der Waals surface area (Å²) in [5, 5.41) is 6.80. The van der Waals surface area contributed by atoms with Crippen molar-refractivity contribution in [3.05, 3.63) is 59.3 Å². The summed E-state index contributed by atoms with van der Waals surface area (Å²) in [6, 6.07) is 12.5. The molecule has 0 spiro atoms. The van der Waals surface area contributed by atoms with Crippen molar-refractivity contribution in [3.63, 3.8) is 0 Å². The minimum absolute atomic E-state index is 0.0273. The van der Waals surface area contributed by atoms with E-state index in [1.54, 1.807) is 7.05 Å². The van der Waals surface area contributed by atoms with Crippen LogP contribution in [0.3, 0.4) is 0 Å². The van der Waals surface area contributed by atoms with E-state index >= 15 is 0 Å². The number of nitrogens with zero attached hydrogens (tertiary/aromatic N) is 3. The number of benzene rings is 1. The number of carbonyl (C=O) groups is 1. The topological polar surface area (TPSA) is 95.6 Å². The number of amides is 1. The molecule has 2 heterocycles. The molecule has 0 bridgehead atoms. The zero-order valence-corrected chi connectivity index (χ0v) is 17.9. The highest BCUT2D eigenvalue weighted by Crippen LogP contribution is 2.24. The summed E-state index contributed by atoms with van der Waals surface area (Å²) in [5.74, 6) is 1.49. The van der Waals surface area contributed by atoms with Gasteiger partial charge in [0.05, 0.1) is 0 Å². The molecule has 7 nitrogen and oxygen atoms in total. The van der Waals surface area contributed by atoms with E-state index in [9.17, 15) is 4.79 Å². The van der Waals surface area contributed by atoms with Crippen LogP contribution in [0.2, 0.25) is 0 Å². The Hall–Kier alpha value is -3.09. The van der Waals surface area contributed by atoms with Crippen LogP contribution in [0.5, 0.6) is 0 Å². The Bertz CT molecular complexity index is 874. The molecule has 160 valence electrons. The lowest BCUT2D eigenvalue weighted by Crippen LogP contribution is -2.40. The van der Waals surface area contributed by atoms with Gasteiger partial charge in [0.25, 0.3) is 0 Å². The molecule has 1 aliphatic heterocycles. The maximum absolute atomic E-state index is 11.4. The van der Waals surface area contributed by atoms with Gasteiger partial charge in [-0.1, -0.05) is 37.3 Å². The van der Waals surface area contributed by atoms with Crippen LogP contribution >= 0.6 is 0 Å². The van der Waals surface area contributed by atoms with Gasteiger partial charge in [-0.15, -0.1) is 0 Å². The maximum atomic E-state index is 11.4. The molecule has 1 amide bonds. The number of piperidine rings is 1. The predicted molar refractivity (Wildman–Crippen MR) is 121 cm³/mol. The molecule has 1 aromatic carbocycles. The van der Waals surface area contributed by atoms with Gasteiger partial charge in [0, 0.05) is 50.9 Å². The molecule has 0 atom stereocenters. The van der Waals surface area contributed by atoms with Crippen LogP contribution in [0.4, 0.5) is 5.82 Å². The number of aryl methyl sites for hydroxylation is 1. The molecule has 0 unspecified atom stereocenters. The summed E-state index contributed by atoms with van der Waals surface area (Å²) in [5.41, 5.74) is 9.19. The molecular weight excluding hydrogens is 376 g/mol. The van der Waals surface area contributed by atoms with Crippen LogP contribution in [-0.4, -0.2) is 37.0 Å². The van der Waals surface area contributed by atoms with Gasteiger partial charge in [-0.05, 0) is 36.5 Å². The van der Waals surface area contributed by atoms with Crippen molar-refractivity contribution in [1.29, 1.82) is 0 Å². The van der Waals surface area contributed by atoms with Crippen molar-refractivity contribution in [1.82, 2.24) is 15.6 Å². The Labute approximate surface area is 178 Å². The molecule has 1 fully saturated rings. The molecule has 0 radical (unpaired) electrons. The first-order valence-corrected chi connectivity index (χ1v) is 10.6. The molecule has 4 N–H and O–H groups in total. The van der Waals surface area contributed by atoms with Gasteiger partial charge < -0.3 is 21.3 Å². The molecule has 30 heavy (non-hydrogen) atoms. The molecule has 1 saturated heterocycles.